The first-order chi connectivity index (χ1) is 6.38. The Bertz CT molecular complexity index is 438. The minimum Gasteiger partial charge on any atom is -0.214 e. The van der Waals surface area contributed by atoms with Gasteiger partial charge in [-0.05, 0) is 35.1 Å². The van der Waals surface area contributed by atoms with Gasteiger partial charge >= 0.3 is 0 Å². The van der Waals surface area contributed by atoms with Gasteiger partial charge in [-0.2, -0.15) is 0 Å². The largest absolute Gasteiger partial charge is 0.240 e. The summed E-state index contributed by atoms with van der Waals surface area (Å²) in [7, 11) is -2.56. The molecule has 0 radical (unpaired) electrons. The highest BCUT2D eigenvalue weighted by atomic mass is 79.9. The first kappa shape index (κ1) is 11.5. The lowest BCUT2D eigenvalue weighted by atomic mass is 10.3. The first-order valence-corrected chi connectivity index (χ1v) is 5.74. The third-order valence-corrected chi connectivity index (χ3v) is 3.51. The minimum atomic E-state index is -3.75. The zero-order valence-corrected chi connectivity index (χ0v) is 9.42. The van der Waals surface area contributed by atoms with Crippen molar-refractivity contribution in [3.8, 4) is 0 Å². The van der Waals surface area contributed by atoms with Crippen molar-refractivity contribution in [2.45, 2.75) is 4.90 Å². The van der Waals surface area contributed by atoms with Gasteiger partial charge in [0.1, 0.15) is 0 Å². The van der Waals surface area contributed by atoms with Crippen LogP contribution in [0.2, 0.25) is 0 Å². The van der Waals surface area contributed by atoms with Gasteiger partial charge in [0.25, 0.3) is 0 Å². The summed E-state index contributed by atoms with van der Waals surface area (Å²) >= 11 is 2.71. The van der Waals surface area contributed by atoms with Crippen LogP contribution in [0.5, 0.6) is 0 Å². The van der Waals surface area contributed by atoms with E-state index in [-0.39, 0.29) is 9.37 Å². The summed E-state index contributed by atoms with van der Waals surface area (Å²) in [6, 6.07) is 1.61. The molecule has 0 aliphatic carbocycles. The van der Waals surface area contributed by atoms with Crippen LogP contribution in [0.15, 0.2) is 21.5 Å². The molecule has 0 aliphatic heterocycles. The fourth-order valence-electron chi connectivity index (χ4n) is 0.805. The molecule has 0 saturated carbocycles. The Labute approximate surface area is 88.3 Å². The zero-order valence-electron chi connectivity index (χ0n) is 7.01. The van der Waals surface area contributed by atoms with Gasteiger partial charge in [-0.3, -0.25) is 0 Å². The lowest BCUT2D eigenvalue weighted by Gasteiger charge is -2.04. The number of hydrogen-bond donors (Lipinski definition) is 1. The second-order valence-electron chi connectivity index (χ2n) is 2.41. The normalized spacial score (nSPS) is 11.7. The summed E-state index contributed by atoms with van der Waals surface area (Å²) in [4.78, 5) is -0.328. The predicted molar refractivity (Wildman–Crippen MR) is 50.3 cm³/mol. The van der Waals surface area contributed by atoms with E-state index >= 15 is 0 Å². The van der Waals surface area contributed by atoms with E-state index in [1.807, 2.05) is 4.72 Å². The molecule has 1 aromatic rings. The van der Waals surface area contributed by atoms with Crippen LogP contribution in [-0.2, 0) is 10.0 Å². The van der Waals surface area contributed by atoms with Gasteiger partial charge in [0, 0.05) is 0 Å². The second kappa shape index (κ2) is 3.92. The van der Waals surface area contributed by atoms with Crippen molar-refractivity contribution in [3.63, 3.8) is 0 Å². The Morgan fingerprint density at radius 2 is 1.93 bits per heavy atom. The Balaban J connectivity index is 3.41. The number of rotatable bonds is 2. The van der Waals surface area contributed by atoms with E-state index in [1.54, 1.807) is 0 Å². The zero-order chi connectivity index (χ0) is 10.9. The summed E-state index contributed by atoms with van der Waals surface area (Å²) < 4.78 is 49.7. The van der Waals surface area contributed by atoms with E-state index in [4.69, 9.17) is 0 Å². The lowest BCUT2D eigenvalue weighted by molar-refractivity contribution is 0.499. The Morgan fingerprint density at radius 1 is 1.36 bits per heavy atom. The molecule has 14 heavy (non-hydrogen) atoms. The quantitative estimate of drug-likeness (QED) is 0.840. The molecule has 0 fully saturated rings. The average molecular weight is 286 g/mol. The molecule has 0 aromatic heterocycles. The maximum Gasteiger partial charge on any atom is 0.240 e. The minimum absolute atomic E-state index is 0.230. The molecule has 0 heterocycles. The number of nitrogens with one attached hydrogen (secondary N) is 1. The van der Waals surface area contributed by atoms with Crippen molar-refractivity contribution < 1.29 is 17.2 Å². The van der Waals surface area contributed by atoms with Gasteiger partial charge in [0.15, 0.2) is 11.6 Å². The van der Waals surface area contributed by atoms with Gasteiger partial charge in [0.05, 0.1) is 9.37 Å². The molecule has 0 atom stereocenters. The molecule has 0 saturated heterocycles. The number of hydrogen-bond acceptors (Lipinski definition) is 2. The molecule has 0 spiro atoms. The van der Waals surface area contributed by atoms with E-state index in [0.29, 0.717) is 6.07 Å². The third-order valence-electron chi connectivity index (χ3n) is 1.54. The topological polar surface area (TPSA) is 46.2 Å². The van der Waals surface area contributed by atoms with E-state index in [0.717, 1.165) is 6.07 Å². The molecular formula is C7H6BrF2NO2S. The monoisotopic (exact) mass is 285 g/mol. The molecule has 1 rings (SSSR count). The summed E-state index contributed by atoms with van der Waals surface area (Å²) in [6.07, 6.45) is 0. The fourth-order valence-corrected chi connectivity index (χ4v) is 2.16. The Kier molecular flexibility index (Phi) is 3.23. The Hall–Kier alpha value is -0.530. The van der Waals surface area contributed by atoms with Gasteiger partial charge in [-0.1, -0.05) is 0 Å². The summed E-state index contributed by atoms with van der Waals surface area (Å²) in [5.74, 6) is -2.33. The molecule has 7 heteroatoms. The van der Waals surface area contributed by atoms with E-state index in [9.17, 15) is 17.2 Å². The summed E-state index contributed by atoms with van der Waals surface area (Å²) in [5, 5.41) is 0. The molecule has 0 bridgehead atoms. The highest BCUT2D eigenvalue weighted by Gasteiger charge is 2.16. The molecule has 0 amide bonds. The highest BCUT2D eigenvalue weighted by molar-refractivity contribution is 9.10. The van der Waals surface area contributed by atoms with Crippen molar-refractivity contribution in [1.82, 2.24) is 4.72 Å². The molecular weight excluding hydrogens is 280 g/mol. The molecule has 78 valence electrons. The standard InChI is InChI=1S/C7H6BrF2NO2S/c1-11-14(12,13)4-2-5(8)7(10)6(9)3-4/h2-3,11H,1H3. The number of benzene rings is 1. The van der Waals surface area contributed by atoms with Gasteiger partial charge in [-0.15, -0.1) is 0 Å². The average Bonchev–Trinajstić information content (AvgIpc) is 2.13. The number of halogens is 3. The molecule has 3 nitrogen and oxygen atoms in total. The van der Waals surface area contributed by atoms with Crippen LogP contribution in [0.3, 0.4) is 0 Å². The van der Waals surface area contributed by atoms with Gasteiger partial charge in [0.2, 0.25) is 10.0 Å². The molecule has 1 aromatic carbocycles. The van der Waals surface area contributed by atoms with E-state index < -0.39 is 21.7 Å². The maximum atomic E-state index is 12.8. The fraction of sp³-hybridized carbons (Fsp3) is 0.143. The summed E-state index contributed by atoms with van der Waals surface area (Å²) in [5.41, 5.74) is 0. The first-order valence-electron chi connectivity index (χ1n) is 3.46. The Morgan fingerprint density at radius 3 is 2.36 bits per heavy atom. The van der Waals surface area contributed by atoms with E-state index in [2.05, 4.69) is 15.9 Å². The summed E-state index contributed by atoms with van der Waals surface area (Å²) in [6.45, 7) is 0. The van der Waals surface area contributed by atoms with Crippen LogP contribution >= 0.6 is 15.9 Å². The van der Waals surface area contributed by atoms with Crippen molar-refractivity contribution in [2.75, 3.05) is 7.05 Å². The highest BCUT2D eigenvalue weighted by Crippen LogP contribution is 2.22. The van der Waals surface area contributed by atoms with Gasteiger partial charge < -0.3 is 0 Å². The van der Waals surface area contributed by atoms with Crippen LogP contribution in [0.25, 0.3) is 0 Å². The van der Waals surface area contributed by atoms with Gasteiger partial charge in [-0.25, -0.2) is 21.9 Å². The third kappa shape index (κ3) is 2.10. The van der Waals surface area contributed by atoms with E-state index in [1.165, 1.54) is 7.05 Å². The molecule has 1 N–H and O–H groups in total. The molecule has 0 aliphatic rings. The van der Waals surface area contributed by atoms with Crippen LogP contribution in [0.1, 0.15) is 0 Å². The maximum absolute atomic E-state index is 12.8. The SMILES string of the molecule is CNS(=O)(=O)c1cc(F)c(F)c(Br)c1. The second-order valence-corrected chi connectivity index (χ2v) is 5.15. The van der Waals surface area contributed by atoms with Crippen LogP contribution in [-0.4, -0.2) is 15.5 Å². The van der Waals surface area contributed by atoms with Crippen LogP contribution in [0.4, 0.5) is 8.78 Å². The lowest BCUT2D eigenvalue weighted by Crippen LogP contribution is -2.18. The van der Waals surface area contributed by atoms with Crippen molar-refractivity contribution >= 4 is 26.0 Å². The van der Waals surface area contributed by atoms with Crippen LogP contribution in [0, 0.1) is 11.6 Å². The smallest absolute Gasteiger partial charge is 0.214 e. The predicted octanol–water partition coefficient (Wildman–Crippen LogP) is 1.64. The number of sulfonamides is 1. The van der Waals surface area contributed by atoms with Crippen molar-refractivity contribution in [1.29, 1.82) is 0 Å². The molecule has 0 unspecified atom stereocenters. The van der Waals surface area contributed by atoms with Crippen molar-refractivity contribution in [3.05, 3.63) is 28.2 Å². The van der Waals surface area contributed by atoms with Crippen molar-refractivity contribution in [2.24, 2.45) is 0 Å². The van der Waals surface area contributed by atoms with Crippen LogP contribution < -0.4 is 4.72 Å².